The van der Waals surface area contributed by atoms with E-state index in [-0.39, 0.29) is 34.7 Å². The molecular weight excluding hydrogens is 396 g/mol. The van der Waals surface area contributed by atoms with Crippen LogP contribution in [-0.2, 0) is 14.8 Å². The predicted molar refractivity (Wildman–Crippen MR) is 99.5 cm³/mol. The van der Waals surface area contributed by atoms with E-state index in [4.69, 9.17) is 11.6 Å². The first-order valence-corrected chi connectivity index (χ1v) is 10.7. The van der Waals surface area contributed by atoms with Crippen LogP contribution in [0, 0.1) is 0 Å². The Morgan fingerprint density at radius 2 is 1.73 bits per heavy atom. The molecule has 1 amide bonds. The van der Waals surface area contributed by atoms with E-state index in [0.29, 0.717) is 18.2 Å². The van der Waals surface area contributed by atoms with Gasteiger partial charge < -0.3 is 4.90 Å². The lowest BCUT2D eigenvalue weighted by Crippen LogP contribution is -2.51. The Kier molecular flexibility index (Phi) is 6.13. The monoisotopic (exact) mass is 412 g/mol. The van der Waals surface area contributed by atoms with E-state index in [1.54, 1.807) is 41.6 Å². The van der Waals surface area contributed by atoms with Crippen LogP contribution in [0.3, 0.4) is 0 Å². The van der Waals surface area contributed by atoms with Crippen molar-refractivity contribution in [3.05, 3.63) is 47.7 Å². The van der Waals surface area contributed by atoms with Crippen molar-refractivity contribution in [3.8, 4) is 0 Å². The fourth-order valence-electron chi connectivity index (χ4n) is 2.55. The summed E-state index contributed by atoms with van der Waals surface area (Å²) in [6.45, 7) is 1.18. The molecule has 0 bridgehead atoms. The fourth-order valence-corrected chi connectivity index (χ4v) is 5.17. The van der Waals surface area contributed by atoms with Gasteiger partial charge in [-0.2, -0.15) is 4.31 Å². The maximum absolute atomic E-state index is 12.7. The van der Waals surface area contributed by atoms with Crippen LogP contribution in [0.25, 0.3) is 0 Å². The smallest absolute Gasteiger partial charge is 0.244 e. The van der Waals surface area contributed by atoms with Crippen molar-refractivity contribution in [1.29, 1.82) is 0 Å². The summed E-state index contributed by atoms with van der Waals surface area (Å²) >= 11 is 7.29. The number of benzene rings is 1. The molecule has 1 fully saturated rings. The number of aromatic nitrogens is 2. The van der Waals surface area contributed by atoms with Gasteiger partial charge in [-0.3, -0.25) is 4.79 Å². The molecule has 7 nitrogen and oxygen atoms in total. The third kappa shape index (κ3) is 4.35. The summed E-state index contributed by atoms with van der Waals surface area (Å²) < 4.78 is 26.8. The fraction of sp³-hybridized carbons (Fsp3) is 0.312. The second kappa shape index (κ2) is 8.34. The number of nitrogens with zero attached hydrogens (tertiary/aromatic N) is 4. The molecule has 1 aliphatic heterocycles. The number of hydrogen-bond acceptors (Lipinski definition) is 6. The number of sulfonamides is 1. The van der Waals surface area contributed by atoms with Gasteiger partial charge >= 0.3 is 0 Å². The molecule has 3 rings (SSSR count). The molecule has 138 valence electrons. The van der Waals surface area contributed by atoms with Gasteiger partial charge in [0.05, 0.1) is 10.8 Å². The second-order valence-electron chi connectivity index (χ2n) is 5.54. The van der Waals surface area contributed by atoms with Crippen molar-refractivity contribution >= 4 is 39.3 Å². The Bertz CT molecular complexity index is 872. The molecule has 0 radical (unpaired) electrons. The van der Waals surface area contributed by atoms with Crippen molar-refractivity contribution in [3.63, 3.8) is 0 Å². The number of piperazine rings is 1. The zero-order valence-electron chi connectivity index (χ0n) is 13.8. The van der Waals surface area contributed by atoms with Gasteiger partial charge in [-0.1, -0.05) is 35.5 Å². The van der Waals surface area contributed by atoms with Crippen LogP contribution < -0.4 is 0 Å². The van der Waals surface area contributed by atoms with Crippen molar-refractivity contribution in [1.82, 2.24) is 19.2 Å². The summed E-state index contributed by atoms with van der Waals surface area (Å²) in [6.07, 6.45) is 3.25. The highest BCUT2D eigenvalue weighted by Crippen LogP contribution is 2.25. The molecule has 26 heavy (non-hydrogen) atoms. The van der Waals surface area contributed by atoms with Crippen molar-refractivity contribution < 1.29 is 13.2 Å². The summed E-state index contributed by atoms with van der Waals surface area (Å²) in [6, 6.07) is 8.08. The summed E-state index contributed by atoms with van der Waals surface area (Å²) in [4.78, 5) is 22.2. The number of halogens is 1. The maximum Gasteiger partial charge on any atom is 0.244 e. The molecule has 0 aliphatic carbocycles. The first-order chi connectivity index (χ1) is 12.5. The minimum Gasteiger partial charge on any atom is -0.339 e. The molecule has 2 heterocycles. The van der Waals surface area contributed by atoms with Gasteiger partial charge in [-0.05, 0) is 18.2 Å². The Morgan fingerprint density at radius 3 is 2.38 bits per heavy atom. The lowest BCUT2D eigenvalue weighted by molar-refractivity contribution is -0.129. The number of carbonyl (C=O) groups is 1. The summed E-state index contributed by atoms with van der Waals surface area (Å²) in [5.41, 5.74) is 0. The minimum absolute atomic E-state index is 0.0581. The number of rotatable bonds is 5. The highest BCUT2D eigenvalue weighted by Gasteiger charge is 2.31. The SMILES string of the molecule is O=C(CSc1ncccn1)N1CCN(S(=O)(=O)c2ccccc2Cl)CC1. The number of hydrogen-bond donors (Lipinski definition) is 0. The van der Waals surface area contributed by atoms with Gasteiger partial charge in [-0.15, -0.1) is 0 Å². The normalized spacial score (nSPS) is 15.8. The second-order valence-corrected chi connectivity index (χ2v) is 8.79. The lowest BCUT2D eigenvalue weighted by Gasteiger charge is -2.34. The van der Waals surface area contributed by atoms with E-state index >= 15 is 0 Å². The minimum atomic E-state index is -3.66. The molecule has 0 unspecified atom stereocenters. The van der Waals surface area contributed by atoms with Crippen LogP contribution >= 0.6 is 23.4 Å². The average molecular weight is 413 g/mol. The van der Waals surface area contributed by atoms with Gasteiger partial charge in [0.25, 0.3) is 0 Å². The maximum atomic E-state index is 12.7. The van der Waals surface area contributed by atoms with Gasteiger partial charge in [0.15, 0.2) is 5.16 Å². The Balaban J connectivity index is 1.57. The lowest BCUT2D eigenvalue weighted by atomic mass is 10.3. The molecule has 1 aromatic heterocycles. The molecule has 0 N–H and O–H groups in total. The van der Waals surface area contributed by atoms with E-state index in [1.807, 2.05) is 0 Å². The summed E-state index contributed by atoms with van der Waals surface area (Å²) in [5, 5.41) is 0.742. The highest BCUT2D eigenvalue weighted by molar-refractivity contribution is 7.99. The van der Waals surface area contributed by atoms with E-state index in [1.165, 1.54) is 22.1 Å². The van der Waals surface area contributed by atoms with Gasteiger partial charge in [0.2, 0.25) is 15.9 Å². The molecular formula is C16H17ClN4O3S2. The zero-order valence-corrected chi connectivity index (χ0v) is 16.2. The molecule has 0 spiro atoms. The van der Waals surface area contributed by atoms with Crippen LogP contribution in [0.15, 0.2) is 52.8 Å². The Labute approximate surface area is 161 Å². The van der Waals surface area contributed by atoms with E-state index in [0.717, 1.165) is 0 Å². The van der Waals surface area contributed by atoms with Crippen molar-refractivity contribution in [2.75, 3.05) is 31.9 Å². The van der Waals surface area contributed by atoms with Gasteiger partial charge in [0, 0.05) is 38.6 Å². The average Bonchev–Trinajstić information content (AvgIpc) is 2.67. The van der Waals surface area contributed by atoms with Crippen molar-refractivity contribution in [2.45, 2.75) is 10.1 Å². The van der Waals surface area contributed by atoms with Crippen molar-refractivity contribution in [2.24, 2.45) is 0 Å². The van der Waals surface area contributed by atoms with Gasteiger partial charge in [0.1, 0.15) is 4.90 Å². The summed E-state index contributed by atoms with van der Waals surface area (Å²) in [5.74, 6) is 0.165. The quantitative estimate of drug-likeness (QED) is 0.549. The first kappa shape index (κ1) is 19.1. The van der Waals surface area contributed by atoms with Crippen LogP contribution in [-0.4, -0.2) is 65.4 Å². The largest absolute Gasteiger partial charge is 0.339 e. The van der Waals surface area contributed by atoms with Gasteiger partial charge in [-0.25, -0.2) is 18.4 Å². The molecule has 0 saturated carbocycles. The number of amides is 1. The third-order valence-electron chi connectivity index (χ3n) is 3.91. The summed E-state index contributed by atoms with van der Waals surface area (Å²) in [7, 11) is -3.66. The highest BCUT2D eigenvalue weighted by atomic mass is 35.5. The number of thioether (sulfide) groups is 1. The molecule has 1 aliphatic rings. The van der Waals surface area contributed by atoms with Crippen LogP contribution in [0.1, 0.15) is 0 Å². The first-order valence-electron chi connectivity index (χ1n) is 7.91. The molecule has 0 atom stereocenters. The van der Waals surface area contributed by atoms with Crippen LogP contribution in [0.4, 0.5) is 0 Å². The standard InChI is InChI=1S/C16H17ClN4O3S2/c17-13-4-1-2-5-14(13)26(23,24)21-10-8-20(9-11-21)15(22)12-25-16-18-6-3-7-19-16/h1-7H,8-12H2. The Morgan fingerprint density at radius 1 is 1.08 bits per heavy atom. The predicted octanol–water partition coefficient (Wildman–Crippen LogP) is 1.76. The van der Waals surface area contributed by atoms with E-state index < -0.39 is 10.0 Å². The molecule has 1 saturated heterocycles. The van der Waals surface area contributed by atoms with Crippen LogP contribution in [0.2, 0.25) is 5.02 Å². The zero-order chi connectivity index (χ0) is 18.6. The number of carbonyl (C=O) groups excluding carboxylic acids is 1. The molecule has 10 heteroatoms. The topological polar surface area (TPSA) is 83.5 Å². The van der Waals surface area contributed by atoms with Crippen LogP contribution in [0.5, 0.6) is 0 Å². The third-order valence-corrected chi connectivity index (χ3v) is 7.17. The van der Waals surface area contributed by atoms with E-state index in [9.17, 15) is 13.2 Å². The van der Waals surface area contributed by atoms with E-state index in [2.05, 4.69) is 9.97 Å². The molecule has 1 aromatic carbocycles. The Hall–Kier alpha value is -1.68. The molecule has 2 aromatic rings.